The van der Waals surface area contributed by atoms with Gasteiger partial charge in [0.1, 0.15) is 11.5 Å². The van der Waals surface area contributed by atoms with Gasteiger partial charge in [-0.05, 0) is 60.3 Å². The molecule has 0 aromatic heterocycles. The van der Waals surface area contributed by atoms with E-state index in [9.17, 15) is 0 Å². The minimum atomic E-state index is 0.692. The SMILES string of the molecule is CC(C)CCCC(C)CCOc1ccc(OCCC(C)CCCC(C)C)c(C=Cc2ccccc2)c1. The van der Waals surface area contributed by atoms with Gasteiger partial charge in [-0.2, -0.15) is 0 Å². The molecule has 2 unspecified atom stereocenters. The molecular weight excluding hydrogens is 440 g/mol. The molecule has 0 fully saturated rings. The summed E-state index contributed by atoms with van der Waals surface area (Å²) in [4.78, 5) is 0. The fourth-order valence-corrected chi connectivity index (χ4v) is 4.41. The second kappa shape index (κ2) is 17.3. The second-order valence-electron chi connectivity index (χ2n) is 11.6. The standard InChI is InChI=1S/C34H52O2/c1-27(2)12-10-14-29(5)22-24-35-33-20-21-34(36-25-23-30(6)15-11-13-28(3)4)32(26-33)19-18-31-16-8-7-9-17-31/h7-9,16-21,26-30H,10-15,22-25H2,1-6H3. The predicted octanol–water partition coefficient (Wildman–Crippen LogP) is 10.3. The molecule has 2 rings (SSSR count). The molecule has 0 bridgehead atoms. The van der Waals surface area contributed by atoms with Gasteiger partial charge in [0.05, 0.1) is 13.2 Å². The van der Waals surface area contributed by atoms with Crippen LogP contribution in [0, 0.1) is 23.7 Å². The van der Waals surface area contributed by atoms with E-state index in [4.69, 9.17) is 9.47 Å². The maximum atomic E-state index is 6.28. The van der Waals surface area contributed by atoms with Gasteiger partial charge in [-0.25, -0.2) is 0 Å². The second-order valence-corrected chi connectivity index (χ2v) is 11.6. The molecule has 0 aliphatic heterocycles. The molecule has 2 aromatic rings. The van der Waals surface area contributed by atoms with E-state index in [0.29, 0.717) is 11.8 Å². The van der Waals surface area contributed by atoms with Crippen molar-refractivity contribution in [1.82, 2.24) is 0 Å². The Kier molecular flexibility index (Phi) is 14.4. The van der Waals surface area contributed by atoms with Crippen LogP contribution in [-0.2, 0) is 0 Å². The maximum Gasteiger partial charge on any atom is 0.126 e. The van der Waals surface area contributed by atoms with Gasteiger partial charge < -0.3 is 9.47 Å². The highest BCUT2D eigenvalue weighted by molar-refractivity contribution is 5.73. The van der Waals surface area contributed by atoms with Crippen LogP contribution in [0.1, 0.15) is 104 Å². The first-order valence-corrected chi connectivity index (χ1v) is 14.5. The molecule has 2 nitrogen and oxygen atoms in total. The Labute approximate surface area is 222 Å². The molecule has 0 N–H and O–H groups in total. The van der Waals surface area contributed by atoms with Gasteiger partial charge in [0.25, 0.3) is 0 Å². The van der Waals surface area contributed by atoms with E-state index in [2.05, 4.69) is 96.2 Å². The number of ether oxygens (including phenoxy) is 2. The first-order chi connectivity index (χ1) is 17.3. The molecular formula is C34H52O2. The van der Waals surface area contributed by atoms with Crippen molar-refractivity contribution in [2.75, 3.05) is 13.2 Å². The third-order valence-electron chi connectivity index (χ3n) is 6.94. The molecule has 2 aromatic carbocycles. The van der Waals surface area contributed by atoms with Crippen LogP contribution < -0.4 is 9.47 Å². The Hall–Kier alpha value is -2.22. The van der Waals surface area contributed by atoms with Crippen LogP contribution in [0.25, 0.3) is 12.2 Å². The summed E-state index contributed by atoms with van der Waals surface area (Å²) >= 11 is 0. The van der Waals surface area contributed by atoms with E-state index < -0.39 is 0 Å². The maximum absolute atomic E-state index is 6.28. The average Bonchev–Trinajstić information content (AvgIpc) is 2.84. The molecule has 0 saturated carbocycles. The topological polar surface area (TPSA) is 18.5 Å². The zero-order chi connectivity index (χ0) is 26.2. The molecule has 2 atom stereocenters. The number of hydrogen-bond acceptors (Lipinski definition) is 2. The van der Waals surface area contributed by atoms with Crippen LogP contribution in [0.5, 0.6) is 11.5 Å². The average molecular weight is 493 g/mol. The normalized spacial score (nSPS) is 13.4. The van der Waals surface area contributed by atoms with Crippen LogP contribution in [0.4, 0.5) is 0 Å². The lowest BCUT2D eigenvalue weighted by atomic mass is 9.97. The van der Waals surface area contributed by atoms with E-state index in [0.717, 1.165) is 55.0 Å². The summed E-state index contributed by atoms with van der Waals surface area (Å²) in [5.41, 5.74) is 2.26. The smallest absolute Gasteiger partial charge is 0.126 e. The highest BCUT2D eigenvalue weighted by Crippen LogP contribution is 2.28. The number of rotatable bonds is 18. The van der Waals surface area contributed by atoms with E-state index in [-0.39, 0.29) is 0 Å². The van der Waals surface area contributed by atoms with Crippen LogP contribution in [0.15, 0.2) is 48.5 Å². The minimum Gasteiger partial charge on any atom is -0.494 e. The molecule has 2 heteroatoms. The van der Waals surface area contributed by atoms with Gasteiger partial charge in [-0.3, -0.25) is 0 Å². The van der Waals surface area contributed by atoms with Crippen molar-refractivity contribution in [3.63, 3.8) is 0 Å². The van der Waals surface area contributed by atoms with Crippen LogP contribution in [0.2, 0.25) is 0 Å². The summed E-state index contributed by atoms with van der Waals surface area (Å²) in [6, 6.07) is 16.7. The first-order valence-electron chi connectivity index (χ1n) is 14.5. The first kappa shape index (κ1) is 30.0. The monoisotopic (exact) mass is 492 g/mol. The lowest BCUT2D eigenvalue weighted by Gasteiger charge is -2.16. The number of hydrogen-bond donors (Lipinski definition) is 0. The van der Waals surface area contributed by atoms with Gasteiger partial charge >= 0.3 is 0 Å². The molecule has 200 valence electrons. The molecule has 0 aliphatic rings. The fourth-order valence-electron chi connectivity index (χ4n) is 4.41. The summed E-state index contributed by atoms with van der Waals surface area (Å²) in [7, 11) is 0. The van der Waals surface area contributed by atoms with Crippen molar-refractivity contribution in [3.05, 3.63) is 59.7 Å². The van der Waals surface area contributed by atoms with Crippen molar-refractivity contribution in [2.45, 2.75) is 92.9 Å². The van der Waals surface area contributed by atoms with Gasteiger partial charge in [0, 0.05) is 5.56 Å². The Morgan fingerprint density at radius 1 is 0.611 bits per heavy atom. The van der Waals surface area contributed by atoms with E-state index in [1.54, 1.807) is 0 Å². The van der Waals surface area contributed by atoms with Crippen molar-refractivity contribution in [2.24, 2.45) is 23.7 Å². The molecule has 0 saturated heterocycles. The molecule has 0 aliphatic carbocycles. The summed E-state index contributed by atoms with van der Waals surface area (Å²) in [6.45, 7) is 15.4. The zero-order valence-electron chi connectivity index (χ0n) is 24.0. The van der Waals surface area contributed by atoms with Gasteiger partial charge in [0.15, 0.2) is 0 Å². The van der Waals surface area contributed by atoms with Crippen molar-refractivity contribution in [1.29, 1.82) is 0 Å². The Morgan fingerprint density at radius 3 is 1.78 bits per heavy atom. The van der Waals surface area contributed by atoms with Crippen molar-refractivity contribution in [3.8, 4) is 11.5 Å². The highest BCUT2D eigenvalue weighted by atomic mass is 16.5. The summed E-state index contributed by atoms with van der Waals surface area (Å²) < 4.78 is 12.4. The minimum absolute atomic E-state index is 0.692. The van der Waals surface area contributed by atoms with Crippen molar-refractivity contribution < 1.29 is 9.47 Å². The van der Waals surface area contributed by atoms with Gasteiger partial charge in [-0.15, -0.1) is 0 Å². The van der Waals surface area contributed by atoms with Crippen LogP contribution in [0.3, 0.4) is 0 Å². The summed E-state index contributed by atoms with van der Waals surface area (Å²) in [5, 5.41) is 0. The number of benzene rings is 2. The van der Waals surface area contributed by atoms with Gasteiger partial charge in [-0.1, -0.05) is 123 Å². The van der Waals surface area contributed by atoms with E-state index >= 15 is 0 Å². The Balaban J connectivity index is 1.94. The molecule has 0 heterocycles. The van der Waals surface area contributed by atoms with Gasteiger partial charge in [0.2, 0.25) is 0 Å². The zero-order valence-corrected chi connectivity index (χ0v) is 24.0. The molecule has 0 spiro atoms. The summed E-state index contributed by atoms with van der Waals surface area (Å²) in [6.07, 6.45) is 14.3. The quantitative estimate of drug-likeness (QED) is 0.193. The lowest BCUT2D eigenvalue weighted by Crippen LogP contribution is -2.06. The van der Waals surface area contributed by atoms with E-state index in [1.807, 2.05) is 6.07 Å². The van der Waals surface area contributed by atoms with E-state index in [1.165, 1.54) is 44.1 Å². The molecule has 36 heavy (non-hydrogen) atoms. The van der Waals surface area contributed by atoms with Crippen molar-refractivity contribution >= 4 is 12.2 Å². The third-order valence-corrected chi connectivity index (χ3v) is 6.94. The van der Waals surface area contributed by atoms with Crippen LogP contribution in [-0.4, -0.2) is 13.2 Å². The third kappa shape index (κ3) is 13.2. The fraction of sp³-hybridized carbons (Fsp3) is 0.588. The lowest BCUT2D eigenvalue weighted by molar-refractivity contribution is 0.269. The molecule has 0 radical (unpaired) electrons. The van der Waals surface area contributed by atoms with Crippen LogP contribution >= 0.6 is 0 Å². The Bertz CT molecular complexity index is 853. The Morgan fingerprint density at radius 2 is 1.19 bits per heavy atom. The highest BCUT2D eigenvalue weighted by Gasteiger charge is 2.09. The predicted molar refractivity (Wildman–Crippen MR) is 158 cm³/mol. The summed E-state index contributed by atoms with van der Waals surface area (Å²) in [5.74, 6) is 4.84. The largest absolute Gasteiger partial charge is 0.494 e. The molecule has 0 amide bonds.